The molecular weight excluding hydrogens is 531 g/mol. The highest BCUT2D eigenvalue weighted by Crippen LogP contribution is 2.34. The number of fused-ring (bicyclic) bond motifs is 1. The van der Waals surface area contributed by atoms with Crippen molar-refractivity contribution in [3.63, 3.8) is 0 Å². The SMILES string of the molecule is Cn1c(=O)cc(Nc2ccc(Br)cc2F)c2c(=O)n(C3CC3)c(=O)n(-c3cccc(NCCN)c3)c21. The summed E-state index contributed by atoms with van der Waals surface area (Å²) in [6.45, 7) is 0.960. The second-order valence-corrected chi connectivity index (χ2v) is 9.61. The summed E-state index contributed by atoms with van der Waals surface area (Å²) in [5, 5.41) is 6.21. The van der Waals surface area contributed by atoms with E-state index in [1.54, 1.807) is 24.3 Å². The maximum absolute atomic E-state index is 14.7. The number of nitrogens with two attached hydrogens (primary N) is 1. The van der Waals surface area contributed by atoms with Gasteiger partial charge in [0.1, 0.15) is 16.9 Å². The number of aromatic nitrogens is 3. The number of nitrogens with zero attached hydrogens (tertiary/aromatic N) is 3. The second kappa shape index (κ2) is 9.40. The molecule has 2 aromatic heterocycles. The lowest BCUT2D eigenvalue weighted by Gasteiger charge is -2.19. The third-order valence-corrected chi connectivity index (χ3v) is 6.63. The fourth-order valence-electron chi connectivity index (χ4n) is 4.26. The van der Waals surface area contributed by atoms with Gasteiger partial charge < -0.3 is 16.4 Å². The number of hydrogen-bond acceptors (Lipinski definition) is 6. The van der Waals surface area contributed by atoms with Crippen LogP contribution in [0.3, 0.4) is 0 Å². The average Bonchev–Trinajstić information content (AvgIpc) is 3.68. The standard InChI is InChI=1S/C25H24BrFN6O3/c1-31-21(34)13-20(30-19-8-5-14(26)11-18(19)27)22-23(31)32(25(36)33(24(22)35)16-6-7-16)17-4-2-3-15(12-17)29-10-9-28/h2-5,8,11-13,16,29-30H,6-7,9-10,28H2,1H3. The molecule has 1 aliphatic rings. The van der Waals surface area contributed by atoms with Crippen molar-refractivity contribution in [2.75, 3.05) is 23.7 Å². The molecule has 0 spiro atoms. The Bertz CT molecular complexity index is 1670. The molecule has 5 rings (SSSR count). The minimum absolute atomic E-state index is 0.0934. The summed E-state index contributed by atoms with van der Waals surface area (Å²) in [7, 11) is 1.50. The number of hydrogen-bond donors (Lipinski definition) is 3. The first-order valence-electron chi connectivity index (χ1n) is 11.5. The van der Waals surface area contributed by atoms with Crippen molar-refractivity contribution in [2.45, 2.75) is 18.9 Å². The lowest BCUT2D eigenvalue weighted by molar-refractivity contribution is 0.630. The molecule has 0 radical (unpaired) electrons. The predicted octanol–water partition coefficient (Wildman–Crippen LogP) is 3.20. The number of rotatable bonds is 7. The Morgan fingerprint density at radius 1 is 1.08 bits per heavy atom. The molecule has 11 heteroatoms. The summed E-state index contributed by atoms with van der Waals surface area (Å²) in [6, 6.07) is 12.6. The molecule has 2 heterocycles. The van der Waals surface area contributed by atoms with Crippen LogP contribution in [-0.2, 0) is 7.05 Å². The highest BCUT2D eigenvalue weighted by molar-refractivity contribution is 9.10. The van der Waals surface area contributed by atoms with Crippen LogP contribution in [0.15, 0.2) is 67.4 Å². The lowest BCUT2D eigenvalue weighted by atomic mass is 10.2. The zero-order valence-corrected chi connectivity index (χ0v) is 21.0. The Morgan fingerprint density at radius 2 is 1.86 bits per heavy atom. The third kappa shape index (κ3) is 4.24. The van der Waals surface area contributed by atoms with Gasteiger partial charge in [-0.05, 0) is 49.2 Å². The molecule has 1 fully saturated rings. The van der Waals surface area contributed by atoms with Gasteiger partial charge in [0.05, 0.1) is 17.1 Å². The van der Waals surface area contributed by atoms with Gasteiger partial charge in [0, 0.05) is 42.4 Å². The molecule has 0 bridgehead atoms. The molecule has 186 valence electrons. The van der Waals surface area contributed by atoms with Crippen LogP contribution in [0.4, 0.5) is 21.5 Å². The monoisotopic (exact) mass is 554 g/mol. The zero-order valence-electron chi connectivity index (χ0n) is 19.4. The number of halogens is 2. The number of nitrogens with one attached hydrogen (secondary N) is 2. The van der Waals surface area contributed by atoms with Gasteiger partial charge in [-0.2, -0.15) is 0 Å². The Labute approximate surface area is 213 Å². The number of pyridine rings is 1. The topological polar surface area (TPSA) is 116 Å². The van der Waals surface area contributed by atoms with Crippen molar-refractivity contribution in [3.05, 3.63) is 90.0 Å². The molecular formula is C25H24BrFN6O3. The molecule has 0 unspecified atom stereocenters. The summed E-state index contributed by atoms with van der Waals surface area (Å²) >= 11 is 3.23. The van der Waals surface area contributed by atoms with E-state index in [4.69, 9.17) is 5.73 Å². The molecule has 0 atom stereocenters. The highest BCUT2D eigenvalue weighted by atomic mass is 79.9. The van der Waals surface area contributed by atoms with E-state index in [2.05, 4.69) is 26.6 Å². The molecule has 1 aliphatic carbocycles. The fourth-order valence-corrected chi connectivity index (χ4v) is 4.59. The summed E-state index contributed by atoms with van der Waals surface area (Å²) in [5.74, 6) is -0.562. The Morgan fingerprint density at radius 3 is 2.56 bits per heavy atom. The van der Waals surface area contributed by atoms with Crippen LogP contribution in [-0.4, -0.2) is 26.8 Å². The summed E-state index contributed by atoms with van der Waals surface area (Å²) in [4.78, 5) is 40.4. The van der Waals surface area contributed by atoms with Gasteiger partial charge in [-0.3, -0.25) is 18.7 Å². The van der Waals surface area contributed by atoms with Crippen molar-refractivity contribution in [3.8, 4) is 5.69 Å². The third-order valence-electron chi connectivity index (χ3n) is 6.14. The van der Waals surface area contributed by atoms with Crippen LogP contribution in [0.2, 0.25) is 0 Å². The van der Waals surface area contributed by atoms with Gasteiger partial charge in [0.25, 0.3) is 11.1 Å². The first-order valence-corrected chi connectivity index (χ1v) is 12.3. The molecule has 4 aromatic rings. The maximum atomic E-state index is 14.7. The van der Waals surface area contributed by atoms with E-state index in [0.717, 1.165) is 5.69 Å². The van der Waals surface area contributed by atoms with Crippen LogP contribution in [0.5, 0.6) is 0 Å². The first kappa shape index (κ1) is 24.0. The molecule has 9 nitrogen and oxygen atoms in total. The van der Waals surface area contributed by atoms with Gasteiger partial charge in [0.2, 0.25) is 0 Å². The number of benzene rings is 2. The maximum Gasteiger partial charge on any atom is 0.337 e. The van der Waals surface area contributed by atoms with Gasteiger partial charge >= 0.3 is 5.69 Å². The van der Waals surface area contributed by atoms with Gasteiger partial charge in [-0.15, -0.1) is 0 Å². The van der Waals surface area contributed by atoms with E-state index in [1.807, 2.05) is 6.07 Å². The van der Waals surface area contributed by atoms with E-state index >= 15 is 0 Å². The van der Waals surface area contributed by atoms with E-state index in [-0.39, 0.29) is 28.5 Å². The smallest absolute Gasteiger partial charge is 0.337 e. The van der Waals surface area contributed by atoms with Crippen LogP contribution in [0, 0.1) is 5.82 Å². The van der Waals surface area contributed by atoms with Crippen LogP contribution in [0.1, 0.15) is 18.9 Å². The van der Waals surface area contributed by atoms with Crippen LogP contribution >= 0.6 is 15.9 Å². The largest absolute Gasteiger partial charge is 0.384 e. The van der Waals surface area contributed by atoms with Crippen molar-refractivity contribution >= 4 is 44.0 Å². The van der Waals surface area contributed by atoms with Crippen molar-refractivity contribution in [1.29, 1.82) is 0 Å². The summed E-state index contributed by atoms with van der Waals surface area (Å²) in [6.07, 6.45) is 1.41. The van der Waals surface area contributed by atoms with Crippen molar-refractivity contribution in [1.82, 2.24) is 13.7 Å². The molecule has 36 heavy (non-hydrogen) atoms. The molecule has 1 saturated carbocycles. The Kier molecular flexibility index (Phi) is 6.27. The first-order chi connectivity index (χ1) is 17.3. The van der Waals surface area contributed by atoms with Crippen molar-refractivity contribution < 1.29 is 4.39 Å². The molecule has 0 saturated heterocycles. The fraction of sp³-hybridized carbons (Fsp3) is 0.240. The average molecular weight is 555 g/mol. The summed E-state index contributed by atoms with van der Waals surface area (Å²) in [5.41, 5.74) is 5.63. The normalized spacial score (nSPS) is 13.2. The molecule has 0 aliphatic heterocycles. The zero-order chi connectivity index (χ0) is 25.6. The Hall–Kier alpha value is -3.70. The second-order valence-electron chi connectivity index (χ2n) is 8.69. The van der Waals surface area contributed by atoms with E-state index in [0.29, 0.717) is 36.1 Å². The van der Waals surface area contributed by atoms with Crippen LogP contribution < -0.4 is 33.2 Å². The van der Waals surface area contributed by atoms with E-state index in [9.17, 15) is 18.8 Å². The predicted molar refractivity (Wildman–Crippen MR) is 142 cm³/mol. The number of aryl methyl sites for hydroxylation is 1. The van der Waals surface area contributed by atoms with Crippen LogP contribution in [0.25, 0.3) is 16.7 Å². The minimum Gasteiger partial charge on any atom is -0.384 e. The number of anilines is 3. The van der Waals surface area contributed by atoms with Gasteiger partial charge in [-0.1, -0.05) is 22.0 Å². The summed E-state index contributed by atoms with van der Waals surface area (Å²) < 4.78 is 19.1. The van der Waals surface area contributed by atoms with Gasteiger partial charge in [0.15, 0.2) is 0 Å². The quantitative estimate of drug-likeness (QED) is 0.323. The highest BCUT2D eigenvalue weighted by Gasteiger charge is 2.31. The van der Waals surface area contributed by atoms with Crippen molar-refractivity contribution in [2.24, 2.45) is 12.8 Å². The lowest BCUT2D eigenvalue weighted by Crippen LogP contribution is -2.41. The Balaban J connectivity index is 1.84. The van der Waals surface area contributed by atoms with Gasteiger partial charge in [-0.25, -0.2) is 13.8 Å². The van der Waals surface area contributed by atoms with E-state index < -0.39 is 22.6 Å². The minimum atomic E-state index is -0.562. The molecule has 0 amide bonds. The van der Waals surface area contributed by atoms with E-state index in [1.165, 1.54) is 38.9 Å². The molecule has 2 aromatic carbocycles. The molecule has 4 N–H and O–H groups in total.